The lowest BCUT2D eigenvalue weighted by Gasteiger charge is -2.07. The summed E-state index contributed by atoms with van der Waals surface area (Å²) in [6.07, 6.45) is 3.04. The van der Waals surface area contributed by atoms with E-state index in [1.54, 1.807) is 17.8 Å². The van der Waals surface area contributed by atoms with E-state index in [0.29, 0.717) is 5.69 Å². The molecule has 1 heterocycles. The Bertz CT molecular complexity index is 879. The van der Waals surface area contributed by atoms with E-state index in [4.69, 9.17) is 4.74 Å². The van der Waals surface area contributed by atoms with E-state index in [2.05, 4.69) is 16.5 Å². The number of nitrogens with one attached hydrogen (secondary N) is 1. The summed E-state index contributed by atoms with van der Waals surface area (Å²) in [5, 5.41) is 6.95. The van der Waals surface area contributed by atoms with Crippen molar-refractivity contribution in [3.05, 3.63) is 51.9 Å². The summed E-state index contributed by atoms with van der Waals surface area (Å²) < 4.78 is 6.70. The number of rotatable bonds is 5. The Hall–Kier alpha value is -2.89. The van der Waals surface area contributed by atoms with Crippen LogP contribution in [0, 0.1) is 34.6 Å². The predicted octanol–water partition coefficient (Wildman–Crippen LogP) is 3.16. The summed E-state index contributed by atoms with van der Waals surface area (Å²) >= 11 is 0. The normalized spacial score (nSPS) is 11.0. The van der Waals surface area contributed by atoms with Gasteiger partial charge >= 0.3 is 5.97 Å². The van der Waals surface area contributed by atoms with E-state index in [-0.39, 0.29) is 6.61 Å². The van der Waals surface area contributed by atoms with E-state index in [1.165, 1.54) is 11.6 Å². The molecule has 0 spiro atoms. The number of aromatic nitrogens is 2. The molecule has 0 saturated heterocycles. The number of hydrogen-bond acceptors (Lipinski definition) is 4. The third kappa shape index (κ3) is 4.59. The maximum atomic E-state index is 12.0. The molecule has 138 valence electrons. The minimum Gasteiger partial charge on any atom is -0.452 e. The van der Waals surface area contributed by atoms with Gasteiger partial charge in [-0.3, -0.25) is 9.48 Å². The number of anilines is 1. The van der Waals surface area contributed by atoms with E-state index < -0.39 is 11.9 Å². The largest absolute Gasteiger partial charge is 0.452 e. The van der Waals surface area contributed by atoms with Crippen LogP contribution in [0.5, 0.6) is 0 Å². The van der Waals surface area contributed by atoms with Gasteiger partial charge in [0.2, 0.25) is 0 Å². The average molecular weight is 355 g/mol. The highest BCUT2D eigenvalue weighted by Gasteiger charge is 2.13. The van der Waals surface area contributed by atoms with Crippen molar-refractivity contribution in [2.45, 2.75) is 34.6 Å². The summed E-state index contributed by atoms with van der Waals surface area (Å²) in [6, 6.07) is 4.10. The molecule has 1 amide bonds. The first-order valence-electron chi connectivity index (χ1n) is 8.41. The van der Waals surface area contributed by atoms with Crippen LogP contribution in [0.2, 0.25) is 0 Å². The molecule has 1 N–H and O–H groups in total. The van der Waals surface area contributed by atoms with Crippen molar-refractivity contribution in [2.24, 2.45) is 7.05 Å². The molecule has 2 rings (SSSR count). The molecular formula is C20H25N3O3. The molecule has 0 saturated carbocycles. The highest BCUT2D eigenvalue weighted by atomic mass is 16.5. The summed E-state index contributed by atoms with van der Waals surface area (Å²) in [7, 11) is 1.80. The number of carbonyl (C=O) groups is 2. The molecule has 0 fully saturated rings. The van der Waals surface area contributed by atoms with Gasteiger partial charge in [-0.1, -0.05) is 12.1 Å². The Morgan fingerprint density at radius 3 is 2.38 bits per heavy atom. The van der Waals surface area contributed by atoms with Crippen molar-refractivity contribution < 1.29 is 14.3 Å². The highest BCUT2D eigenvalue weighted by molar-refractivity contribution is 5.95. The Labute approximate surface area is 153 Å². The molecule has 0 atom stereocenters. The summed E-state index contributed by atoms with van der Waals surface area (Å²) in [5.74, 6) is -0.953. The molecule has 1 aromatic carbocycles. The van der Waals surface area contributed by atoms with Crippen molar-refractivity contribution in [3.8, 4) is 0 Å². The number of hydrogen-bond donors (Lipinski definition) is 1. The molecular weight excluding hydrogens is 330 g/mol. The van der Waals surface area contributed by atoms with Crippen LogP contribution in [0.25, 0.3) is 6.08 Å². The van der Waals surface area contributed by atoms with Gasteiger partial charge < -0.3 is 10.1 Å². The molecule has 26 heavy (non-hydrogen) atoms. The van der Waals surface area contributed by atoms with Crippen molar-refractivity contribution in [3.63, 3.8) is 0 Å². The van der Waals surface area contributed by atoms with Crippen LogP contribution in [-0.2, 0) is 21.4 Å². The van der Waals surface area contributed by atoms with Crippen molar-refractivity contribution in [1.29, 1.82) is 0 Å². The second-order valence-corrected chi connectivity index (χ2v) is 6.45. The molecule has 0 aliphatic carbocycles. The van der Waals surface area contributed by atoms with Crippen LogP contribution in [0.15, 0.2) is 18.2 Å². The first-order chi connectivity index (χ1) is 12.2. The number of aryl methyl sites for hydroxylation is 5. The second-order valence-electron chi connectivity index (χ2n) is 6.45. The number of carbonyl (C=O) groups excluding carboxylic acids is 2. The summed E-state index contributed by atoms with van der Waals surface area (Å²) in [5.41, 5.74) is 6.61. The van der Waals surface area contributed by atoms with Crippen molar-refractivity contribution >= 4 is 23.6 Å². The number of nitrogens with zero attached hydrogens (tertiary/aromatic N) is 2. The number of amides is 1. The maximum Gasteiger partial charge on any atom is 0.331 e. The van der Waals surface area contributed by atoms with E-state index in [9.17, 15) is 9.59 Å². The minimum atomic E-state index is -0.558. The van der Waals surface area contributed by atoms with Crippen molar-refractivity contribution in [1.82, 2.24) is 9.78 Å². The fraction of sp³-hybridized carbons (Fsp3) is 0.350. The maximum absolute atomic E-state index is 12.0. The first kappa shape index (κ1) is 19.4. The zero-order chi connectivity index (χ0) is 19.4. The van der Waals surface area contributed by atoms with Crippen LogP contribution in [0.3, 0.4) is 0 Å². The zero-order valence-electron chi connectivity index (χ0n) is 16.1. The highest BCUT2D eigenvalue weighted by Crippen LogP contribution is 2.18. The Morgan fingerprint density at radius 1 is 1.12 bits per heavy atom. The quantitative estimate of drug-likeness (QED) is 0.660. The van der Waals surface area contributed by atoms with Crippen LogP contribution >= 0.6 is 0 Å². The smallest absolute Gasteiger partial charge is 0.331 e. The lowest BCUT2D eigenvalue weighted by Crippen LogP contribution is -2.20. The zero-order valence-corrected chi connectivity index (χ0v) is 16.1. The molecule has 0 bridgehead atoms. The molecule has 0 aliphatic heterocycles. The summed E-state index contributed by atoms with van der Waals surface area (Å²) in [4.78, 5) is 23.9. The number of esters is 1. The molecule has 0 aliphatic rings. The van der Waals surface area contributed by atoms with E-state index in [0.717, 1.165) is 28.1 Å². The monoisotopic (exact) mass is 355 g/mol. The molecule has 2 aromatic rings. The van der Waals surface area contributed by atoms with Gasteiger partial charge in [0, 0.05) is 13.1 Å². The van der Waals surface area contributed by atoms with Gasteiger partial charge in [0.05, 0.1) is 17.1 Å². The third-order valence-corrected chi connectivity index (χ3v) is 4.40. The average Bonchev–Trinajstić information content (AvgIpc) is 2.81. The number of ether oxygens (including phenoxy) is 1. The van der Waals surface area contributed by atoms with Gasteiger partial charge in [-0.2, -0.15) is 5.10 Å². The topological polar surface area (TPSA) is 73.2 Å². The SMILES string of the molecule is Cc1cc(C)c(/C=C/C(=O)OCC(=O)Nc2c(C)nn(C)c2C)cc1C. The molecule has 0 unspecified atom stereocenters. The fourth-order valence-electron chi connectivity index (χ4n) is 2.64. The van der Waals surface area contributed by atoms with Gasteiger partial charge in [0.25, 0.3) is 5.91 Å². The Kier molecular flexibility index (Phi) is 5.97. The van der Waals surface area contributed by atoms with E-state index in [1.807, 2.05) is 40.7 Å². The van der Waals surface area contributed by atoms with E-state index >= 15 is 0 Å². The van der Waals surface area contributed by atoms with Crippen molar-refractivity contribution in [2.75, 3.05) is 11.9 Å². The van der Waals surface area contributed by atoms with Gasteiger partial charge in [-0.25, -0.2) is 4.79 Å². The molecule has 0 radical (unpaired) electrons. The van der Waals surface area contributed by atoms with Gasteiger partial charge in [0.15, 0.2) is 6.61 Å². The molecule has 6 nitrogen and oxygen atoms in total. The van der Waals surface area contributed by atoms with Crippen LogP contribution in [-0.4, -0.2) is 28.3 Å². The minimum absolute atomic E-state index is 0.344. The standard InChI is InChI=1S/C20H25N3O3/c1-12-9-14(3)17(10-13(12)2)7-8-19(25)26-11-18(24)21-20-15(4)22-23(6)16(20)5/h7-10H,11H2,1-6H3,(H,21,24)/b8-7+. The Balaban J connectivity index is 1.92. The van der Waals surface area contributed by atoms with Crippen LogP contribution in [0.4, 0.5) is 5.69 Å². The summed E-state index contributed by atoms with van der Waals surface area (Å²) in [6.45, 7) is 9.39. The predicted molar refractivity (Wildman–Crippen MR) is 102 cm³/mol. The second kappa shape index (κ2) is 7.99. The first-order valence-corrected chi connectivity index (χ1v) is 8.41. The van der Waals surface area contributed by atoms with Crippen LogP contribution < -0.4 is 5.32 Å². The number of benzene rings is 1. The lowest BCUT2D eigenvalue weighted by atomic mass is 10.0. The lowest BCUT2D eigenvalue weighted by molar-refractivity contribution is -0.142. The van der Waals surface area contributed by atoms with Gasteiger partial charge in [-0.05, 0) is 62.9 Å². The van der Waals surface area contributed by atoms with Gasteiger partial charge in [-0.15, -0.1) is 0 Å². The van der Waals surface area contributed by atoms with Crippen LogP contribution in [0.1, 0.15) is 33.6 Å². The fourth-order valence-corrected chi connectivity index (χ4v) is 2.64. The van der Waals surface area contributed by atoms with Gasteiger partial charge in [0.1, 0.15) is 0 Å². The molecule has 6 heteroatoms. The Morgan fingerprint density at radius 2 is 1.77 bits per heavy atom. The third-order valence-electron chi connectivity index (χ3n) is 4.40. The molecule has 1 aromatic heterocycles.